The smallest absolute Gasteiger partial charge is 0.269 e. The number of hydrogen-bond donors (Lipinski definition) is 2. The van der Waals surface area contributed by atoms with Gasteiger partial charge in [0.25, 0.3) is 5.69 Å². The lowest BCUT2D eigenvalue weighted by Crippen LogP contribution is -2.07. The molecule has 0 fully saturated rings. The topological polar surface area (TPSA) is 114 Å². The summed E-state index contributed by atoms with van der Waals surface area (Å²) in [4.78, 5) is 37.6. The number of fused-ring (bicyclic) bond motifs is 1. The second-order valence-corrected chi connectivity index (χ2v) is 6.58. The molecule has 0 spiro atoms. The van der Waals surface area contributed by atoms with Crippen LogP contribution >= 0.6 is 11.3 Å². The molecule has 3 rings (SSSR count). The van der Waals surface area contributed by atoms with Gasteiger partial charge in [0.1, 0.15) is 0 Å². The van der Waals surface area contributed by atoms with E-state index in [1.54, 1.807) is 36.4 Å². The van der Waals surface area contributed by atoms with Gasteiger partial charge in [0.15, 0.2) is 5.13 Å². The molecule has 136 valence electrons. The summed E-state index contributed by atoms with van der Waals surface area (Å²) in [5, 5.41) is 16.5. The molecular weight excluding hydrogens is 368 g/mol. The van der Waals surface area contributed by atoms with E-state index in [0.717, 1.165) is 10.2 Å². The van der Waals surface area contributed by atoms with Gasteiger partial charge in [0.05, 0.1) is 15.1 Å². The SMILES string of the molecule is CC(=O)Nc1nc2ccc(NC(=O)/C=C/c3ccc([N+](=O)[O-])cc3)cc2s1. The lowest BCUT2D eigenvalue weighted by atomic mass is 10.2. The first kappa shape index (κ1) is 18.2. The van der Waals surface area contributed by atoms with Crippen molar-refractivity contribution >= 4 is 56.0 Å². The zero-order chi connectivity index (χ0) is 19.4. The maximum Gasteiger partial charge on any atom is 0.269 e. The highest BCUT2D eigenvalue weighted by Gasteiger charge is 2.07. The van der Waals surface area contributed by atoms with Gasteiger partial charge in [0, 0.05) is 30.8 Å². The van der Waals surface area contributed by atoms with E-state index in [-0.39, 0.29) is 17.5 Å². The van der Waals surface area contributed by atoms with Gasteiger partial charge in [-0.3, -0.25) is 19.7 Å². The zero-order valence-electron chi connectivity index (χ0n) is 14.1. The molecule has 2 aromatic carbocycles. The quantitative estimate of drug-likeness (QED) is 0.396. The van der Waals surface area contributed by atoms with Gasteiger partial charge in [0.2, 0.25) is 11.8 Å². The van der Waals surface area contributed by atoms with Crippen LogP contribution in [0.5, 0.6) is 0 Å². The number of hydrogen-bond acceptors (Lipinski definition) is 6. The molecule has 2 N–H and O–H groups in total. The number of benzene rings is 2. The van der Waals surface area contributed by atoms with E-state index in [2.05, 4.69) is 15.6 Å². The Morgan fingerprint density at radius 2 is 1.89 bits per heavy atom. The molecule has 0 saturated carbocycles. The number of non-ortho nitro benzene ring substituents is 1. The third-order valence-electron chi connectivity index (χ3n) is 3.47. The molecule has 0 aliphatic rings. The highest BCUT2D eigenvalue weighted by atomic mass is 32.1. The maximum atomic E-state index is 12.1. The fourth-order valence-corrected chi connectivity index (χ4v) is 3.22. The minimum Gasteiger partial charge on any atom is -0.322 e. The zero-order valence-corrected chi connectivity index (χ0v) is 14.9. The van der Waals surface area contributed by atoms with Crippen molar-refractivity contribution in [2.75, 3.05) is 10.6 Å². The minimum absolute atomic E-state index is 0.00639. The molecule has 2 amide bonds. The molecule has 3 aromatic rings. The Labute approximate surface area is 157 Å². The van der Waals surface area contributed by atoms with Gasteiger partial charge in [-0.1, -0.05) is 11.3 Å². The van der Waals surface area contributed by atoms with E-state index >= 15 is 0 Å². The van der Waals surface area contributed by atoms with Crippen LogP contribution < -0.4 is 10.6 Å². The van der Waals surface area contributed by atoms with E-state index in [0.29, 0.717) is 16.4 Å². The van der Waals surface area contributed by atoms with Gasteiger partial charge in [-0.2, -0.15) is 0 Å². The highest BCUT2D eigenvalue weighted by Crippen LogP contribution is 2.28. The first-order valence-corrected chi connectivity index (χ1v) is 8.64. The van der Waals surface area contributed by atoms with Crippen molar-refractivity contribution in [3.63, 3.8) is 0 Å². The van der Waals surface area contributed by atoms with Gasteiger partial charge in [-0.15, -0.1) is 0 Å². The summed E-state index contributed by atoms with van der Waals surface area (Å²) in [6, 6.07) is 11.1. The number of nitrogens with zero attached hydrogens (tertiary/aromatic N) is 2. The number of nitrogens with one attached hydrogen (secondary N) is 2. The molecule has 27 heavy (non-hydrogen) atoms. The Morgan fingerprint density at radius 3 is 2.56 bits per heavy atom. The molecule has 0 unspecified atom stereocenters. The Morgan fingerprint density at radius 1 is 1.15 bits per heavy atom. The van der Waals surface area contributed by atoms with E-state index in [4.69, 9.17) is 0 Å². The van der Waals surface area contributed by atoms with Crippen molar-refractivity contribution in [1.29, 1.82) is 0 Å². The number of nitro benzene ring substituents is 1. The third kappa shape index (κ3) is 4.73. The normalized spacial score (nSPS) is 10.9. The number of anilines is 2. The van der Waals surface area contributed by atoms with Crippen LogP contribution in [0.2, 0.25) is 0 Å². The van der Waals surface area contributed by atoms with Crippen LogP contribution in [0.25, 0.3) is 16.3 Å². The molecule has 0 aliphatic heterocycles. The van der Waals surface area contributed by atoms with Crippen LogP contribution in [0.1, 0.15) is 12.5 Å². The van der Waals surface area contributed by atoms with Gasteiger partial charge in [-0.25, -0.2) is 4.98 Å². The molecule has 9 heteroatoms. The van der Waals surface area contributed by atoms with Crippen LogP contribution in [-0.2, 0) is 9.59 Å². The number of carbonyl (C=O) groups is 2. The van der Waals surface area contributed by atoms with E-state index in [9.17, 15) is 19.7 Å². The number of nitro groups is 1. The maximum absolute atomic E-state index is 12.1. The monoisotopic (exact) mass is 382 g/mol. The molecular formula is C18H14N4O4S. The van der Waals surface area contributed by atoms with Crippen molar-refractivity contribution in [2.45, 2.75) is 6.92 Å². The summed E-state index contributed by atoms with van der Waals surface area (Å²) in [7, 11) is 0. The average Bonchev–Trinajstić information content (AvgIpc) is 3.01. The first-order chi connectivity index (χ1) is 12.9. The summed E-state index contributed by atoms with van der Waals surface area (Å²) >= 11 is 1.31. The minimum atomic E-state index is -0.479. The molecule has 0 radical (unpaired) electrons. The Kier molecular flexibility index (Phi) is 5.23. The standard InChI is InChI=1S/C18H14N4O4S/c1-11(23)19-18-21-15-8-5-13(10-16(15)27-18)20-17(24)9-4-12-2-6-14(7-3-12)22(25)26/h2-10H,1H3,(H,20,24)(H,19,21,23)/b9-4+. The number of carbonyl (C=O) groups excluding carboxylic acids is 2. The van der Waals surface area contributed by atoms with Crippen LogP contribution in [0.15, 0.2) is 48.5 Å². The summed E-state index contributed by atoms with van der Waals surface area (Å²) in [6.07, 6.45) is 2.92. The summed E-state index contributed by atoms with van der Waals surface area (Å²) in [5.74, 6) is -0.529. The van der Waals surface area contributed by atoms with Gasteiger partial charge >= 0.3 is 0 Å². The van der Waals surface area contributed by atoms with Crippen molar-refractivity contribution in [1.82, 2.24) is 4.98 Å². The Hall–Kier alpha value is -3.59. The molecule has 1 aromatic heterocycles. The van der Waals surface area contributed by atoms with Crippen molar-refractivity contribution < 1.29 is 14.5 Å². The third-order valence-corrected chi connectivity index (χ3v) is 4.40. The van der Waals surface area contributed by atoms with Crippen LogP contribution in [-0.4, -0.2) is 21.7 Å². The van der Waals surface area contributed by atoms with Crippen LogP contribution in [0.4, 0.5) is 16.5 Å². The van der Waals surface area contributed by atoms with E-state index in [1.807, 2.05) is 0 Å². The van der Waals surface area contributed by atoms with Crippen molar-refractivity contribution in [3.8, 4) is 0 Å². The molecule has 0 saturated heterocycles. The van der Waals surface area contributed by atoms with Gasteiger partial charge < -0.3 is 10.6 Å². The van der Waals surface area contributed by atoms with E-state index < -0.39 is 4.92 Å². The van der Waals surface area contributed by atoms with Crippen LogP contribution in [0, 0.1) is 10.1 Å². The fraction of sp³-hybridized carbons (Fsp3) is 0.0556. The number of amides is 2. The molecule has 0 atom stereocenters. The predicted molar refractivity (Wildman–Crippen MR) is 105 cm³/mol. The van der Waals surface area contributed by atoms with Crippen LogP contribution in [0.3, 0.4) is 0 Å². The molecule has 0 aliphatic carbocycles. The second-order valence-electron chi connectivity index (χ2n) is 5.55. The lowest BCUT2D eigenvalue weighted by molar-refractivity contribution is -0.384. The Bertz CT molecular complexity index is 1060. The lowest BCUT2D eigenvalue weighted by Gasteiger charge is -2.01. The summed E-state index contributed by atoms with van der Waals surface area (Å²) < 4.78 is 0.830. The summed E-state index contributed by atoms with van der Waals surface area (Å²) in [5.41, 5.74) is 1.99. The van der Waals surface area contributed by atoms with Crippen molar-refractivity contribution in [2.24, 2.45) is 0 Å². The predicted octanol–water partition coefficient (Wildman–Crippen LogP) is 3.81. The first-order valence-electron chi connectivity index (χ1n) is 7.82. The highest BCUT2D eigenvalue weighted by molar-refractivity contribution is 7.22. The number of thiazole rings is 1. The molecule has 1 heterocycles. The Balaban J connectivity index is 1.67. The van der Waals surface area contributed by atoms with Gasteiger partial charge in [-0.05, 0) is 42.0 Å². The van der Waals surface area contributed by atoms with Crippen molar-refractivity contribution in [3.05, 3.63) is 64.2 Å². The second kappa shape index (κ2) is 7.75. The number of rotatable bonds is 5. The van der Waals surface area contributed by atoms with E-state index in [1.165, 1.54) is 36.5 Å². The summed E-state index contributed by atoms with van der Waals surface area (Å²) in [6.45, 7) is 1.41. The fourth-order valence-electron chi connectivity index (χ4n) is 2.27. The molecule has 0 bridgehead atoms. The average molecular weight is 382 g/mol. The largest absolute Gasteiger partial charge is 0.322 e. The molecule has 8 nitrogen and oxygen atoms in total. The number of aromatic nitrogens is 1.